The van der Waals surface area contributed by atoms with Crippen LogP contribution in [0.3, 0.4) is 0 Å². The van der Waals surface area contributed by atoms with Gasteiger partial charge in [-0.2, -0.15) is 0 Å². The van der Waals surface area contributed by atoms with E-state index >= 15 is 0 Å². The number of carbonyl (C=O) groups is 1. The van der Waals surface area contributed by atoms with Crippen LogP contribution in [0.15, 0.2) is 47.3 Å². The molecular weight excluding hydrogens is 398 g/mol. The molecule has 0 saturated carbocycles. The minimum atomic E-state index is -0.419. The number of hydrogen-bond acceptors (Lipinski definition) is 3. The third-order valence-electron chi connectivity index (χ3n) is 5.39. The molecule has 30 heavy (non-hydrogen) atoms. The van der Waals surface area contributed by atoms with E-state index in [4.69, 9.17) is 16.6 Å². The molecule has 0 bridgehead atoms. The fourth-order valence-corrected chi connectivity index (χ4v) is 3.78. The van der Waals surface area contributed by atoms with Gasteiger partial charge in [0.15, 0.2) is 0 Å². The number of para-hydroxylation sites is 1. The lowest BCUT2D eigenvalue weighted by molar-refractivity contribution is -0.131. The summed E-state index contributed by atoms with van der Waals surface area (Å²) in [7, 11) is 0. The van der Waals surface area contributed by atoms with E-state index in [0.717, 1.165) is 16.8 Å². The molecule has 0 radical (unpaired) electrons. The van der Waals surface area contributed by atoms with Crippen LogP contribution in [0.5, 0.6) is 0 Å². The highest BCUT2D eigenvalue weighted by Gasteiger charge is 2.27. The zero-order chi connectivity index (χ0) is 22.0. The minimum absolute atomic E-state index is 0.113. The van der Waals surface area contributed by atoms with E-state index in [2.05, 4.69) is 0 Å². The number of carbonyl (C=O) groups excluding carboxylic acids is 1. The van der Waals surface area contributed by atoms with Crippen molar-refractivity contribution in [3.05, 3.63) is 69.8 Å². The van der Waals surface area contributed by atoms with E-state index in [-0.39, 0.29) is 23.3 Å². The lowest BCUT2D eigenvalue weighted by Gasteiger charge is -2.31. The Labute approximate surface area is 182 Å². The summed E-state index contributed by atoms with van der Waals surface area (Å²) in [6.45, 7) is 10.6. The topological polar surface area (TPSA) is 55.2 Å². The summed E-state index contributed by atoms with van der Waals surface area (Å²) in [4.78, 5) is 32.7. The second kappa shape index (κ2) is 9.00. The summed E-state index contributed by atoms with van der Waals surface area (Å²) < 4.78 is 1.63. The van der Waals surface area contributed by atoms with Crippen molar-refractivity contribution in [3.63, 3.8) is 0 Å². The van der Waals surface area contributed by atoms with E-state index in [1.54, 1.807) is 15.5 Å². The Bertz CT molecular complexity index is 1140. The Balaban J connectivity index is 2.30. The Kier molecular flexibility index (Phi) is 6.61. The zero-order valence-electron chi connectivity index (χ0n) is 18.1. The van der Waals surface area contributed by atoms with Crippen LogP contribution in [0.1, 0.15) is 43.8 Å². The monoisotopic (exact) mass is 425 g/mol. The number of halogens is 1. The first kappa shape index (κ1) is 22.0. The normalized spacial score (nSPS) is 12.4. The molecule has 1 unspecified atom stereocenters. The third kappa shape index (κ3) is 4.26. The van der Waals surface area contributed by atoms with E-state index in [1.165, 1.54) is 0 Å². The average Bonchev–Trinajstić information content (AvgIpc) is 2.73. The molecular formula is C24H28ClN3O2. The molecule has 0 aliphatic heterocycles. The SMILES string of the molecule is Cc1ccc(-n2c(C(C)N(CC(C)C)C(=O)CCl)nc3ccccc3c2=O)cc1C. The smallest absolute Gasteiger partial charge is 0.266 e. The molecule has 0 spiro atoms. The molecule has 1 amide bonds. The van der Waals surface area contributed by atoms with Crippen molar-refractivity contribution >= 4 is 28.4 Å². The Morgan fingerprint density at radius 3 is 2.43 bits per heavy atom. The van der Waals surface area contributed by atoms with Crippen molar-refractivity contribution in [2.45, 2.75) is 40.7 Å². The van der Waals surface area contributed by atoms with Gasteiger partial charge in [-0.1, -0.05) is 32.0 Å². The zero-order valence-corrected chi connectivity index (χ0v) is 18.9. The number of nitrogens with zero attached hydrogens (tertiary/aromatic N) is 3. The number of benzene rings is 2. The number of aryl methyl sites for hydroxylation is 2. The number of amides is 1. The van der Waals surface area contributed by atoms with Crippen molar-refractivity contribution in [2.24, 2.45) is 5.92 Å². The van der Waals surface area contributed by atoms with Gasteiger partial charge in [-0.25, -0.2) is 4.98 Å². The molecule has 3 rings (SSSR count). The van der Waals surface area contributed by atoms with Gasteiger partial charge in [0.2, 0.25) is 5.91 Å². The predicted octanol–water partition coefficient (Wildman–Crippen LogP) is 4.79. The maximum Gasteiger partial charge on any atom is 0.266 e. The number of rotatable bonds is 6. The van der Waals surface area contributed by atoms with E-state index in [0.29, 0.717) is 23.3 Å². The third-order valence-corrected chi connectivity index (χ3v) is 5.62. The molecule has 2 aromatic carbocycles. The standard InChI is InChI=1S/C24H28ClN3O2/c1-15(2)14-27(22(29)13-25)18(5)23-26-21-9-7-6-8-20(21)24(30)28(23)19-11-10-16(3)17(4)12-19/h6-12,15,18H,13-14H2,1-5H3. The van der Waals surface area contributed by atoms with Crippen molar-refractivity contribution < 1.29 is 4.79 Å². The van der Waals surface area contributed by atoms with E-state index in [9.17, 15) is 9.59 Å². The first-order chi connectivity index (χ1) is 14.2. The summed E-state index contributed by atoms with van der Waals surface area (Å²) in [5.41, 5.74) is 3.45. The van der Waals surface area contributed by atoms with E-state index < -0.39 is 6.04 Å². The van der Waals surface area contributed by atoms with Crippen molar-refractivity contribution in [2.75, 3.05) is 12.4 Å². The van der Waals surface area contributed by atoms with Gasteiger partial charge in [0.25, 0.3) is 5.56 Å². The molecule has 3 aromatic rings. The number of hydrogen-bond donors (Lipinski definition) is 0. The van der Waals surface area contributed by atoms with Gasteiger partial charge in [-0.05, 0) is 62.1 Å². The molecule has 1 heterocycles. The van der Waals surface area contributed by atoms with Crippen molar-refractivity contribution in [1.29, 1.82) is 0 Å². The molecule has 0 aliphatic carbocycles. The van der Waals surface area contributed by atoms with Gasteiger partial charge < -0.3 is 4.90 Å². The number of aromatic nitrogens is 2. The highest BCUT2D eigenvalue weighted by atomic mass is 35.5. The fraction of sp³-hybridized carbons (Fsp3) is 0.375. The molecule has 1 atom stereocenters. The van der Waals surface area contributed by atoms with Crippen LogP contribution >= 0.6 is 11.6 Å². The summed E-state index contributed by atoms with van der Waals surface area (Å²) in [6, 6.07) is 12.8. The molecule has 5 nitrogen and oxygen atoms in total. The number of alkyl halides is 1. The summed E-state index contributed by atoms with van der Waals surface area (Å²) in [5, 5.41) is 0.547. The highest BCUT2D eigenvalue weighted by molar-refractivity contribution is 6.27. The molecule has 1 aromatic heterocycles. The summed E-state index contributed by atoms with van der Waals surface area (Å²) in [6.07, 6.45) is 0. The van der Waals surface area contributed by atoms with Gasteiger partial charge in [0.05, 0.1) is 22.6 Å². The Hall–Kier alpha value is -2.66. The van der Waals surface area contributed by atoms with Crippen LogP contribution in [0, 0.1) is 19.8 Å². The molecule has 0 N–H and O–H groups in total. The quantitative estimate of drug-likeness (QED) is 0.533. The molecule has 0 saturated heterocycles. The number of fused-ring (bicyclic) bond motifs is 1. The summed E-state index contributed by atoms with van der Waals surface area (Å²) >= 11 is 5.90. The van der Waals surface area contributed by atoms with Gasteiger partial charge in [0, 0.05) is 6.54 Å². The molecule has 6 heteroatoms. The second-order valence-corrected chi connectivity index (χ2v) is 8.41. The maximum absolute atomic E-state index is 13.5. The first-order valence-corrected chi connectivity index (χ1v) is 10.7. The Morgan fingerprint density at radius 2 is 1.80 bits per heavy atom. The van der Waals surface area contributed by atoms with Crippen LogP contribution in [0.4, 0.5) is 0 Å². The molecule has 0 aliphatic rings. The van der Waals surface area contributed by atoms with Gasteiger partial charge >= 0.3 is 0 Å². The van der Waals surface area contributed by atoms with Crippen LogP contribution in [0.25, 0.3) is 16.6 Å². The fourth-order valence-electron chi connectivity index (χ4n) is 3.63. The second-order valence-electron chi connectivity index (χ2n) is 8.15. The van der Waals surface area contributed by atoms with Gasteiger partial charge in [-0.15, -0.1) is 11.6 Å². The maximum atomic E-state index is 13.5. The first-order valence-electron chi connectivity index (χ1n) is 10.2. The Morgan fingerprint density at radius 1 is 1.10 bits per heavy atom. The average molecular weight is 426 g/mol. The van der Waals surface area contributed by atoms with Gasteiger partial charge in [0.1, 0.15) is 11.7 Å². The van der Waals surface area contributed by atoms with E-state index in [1.807, 2.05) is 71.0 Å². The van der Waals surface area contributed by atoms with Crippen LogP contribution in [-0.4, -0.2) is 32.8 Å². The van der Waals surface area contributed by atoms with Crippen molar-refractivity contribution in [3.8, 4) is 5.69 Å². The minimum Gasteiger partial charge on any atom is -0.331 e. The van der Waals surface area contributed by atoms with Crippen LogP contribution in [0.2, 0.25) is 0 Å². The largest absolute Gasteiger partial charge is 0.331 e. The van der Waals surface area contributed by atoms with Crippen molar-refractivity contribution in [1.82, 2.24) is 14.5 Å². The lowest BCUT2D eigenvalue weighted by Crippen LogP contribution is -2.40. The van der Waals surface area contributed by atoms with Gasteiger partial charge in [-0.3, -0.25) is 14.2 Å². The predicted molar refractivity (Wildman–Crippen MR) is 123 cm³/mol. The molecule has 158 valence electrons. The summed E-state index contributed by atoms with van der Waals surface area (Å²) in [5.74, 6) is 0.494. The van der Waals surface area contributed by atoms with Crippen LogP contribution in [-0.2, 0) is 4.79 Å². The lowest BCUT2D eigenvalue weighted by atomic mass is 10.1. The highest BCUT2D eigenvalue weighted by Crippen LogP contribution is 2.25. The molecule has 0 fully saturated rings. The van der Waals surface area contributed by atoms with Crippen LogP contribution < -0.4 is 5.56 Å².